The summed E-state index contributed by atoms with van der Waals surface area (Å²) in [5.41, 5.74) is 3.54. The number of piperidine rings is 1. The molecular weight excluding hydrogens is 448 g/mol. The van der Waals surface area contributed by atoms with Crippen molar-refractivity contribution in [1.29, 1.82) is 0 Å². The molecule has 184 valence electrons. The molecule has 4 rings (SSSR count). The lowest BCUT2D eigenvalue weighted by Gasteiger charge is -2.27. The molecule has 1 amide bonds. The number of rotatable bonds is 8. The molecular formula is C26H36N4O3S. The quantitative estimate of drug-likeness (QED) is 0.621. The summed E-state index contributed by atoms with van der Waals surface area (Å²) < 4.78 is 26.6. The lowest BCUT2D eigenvalue weighted by atomic mass is 10.0. The fourth-order valence-electron chi connectivity index (χ4n) is 4.82. The Morgan fingerprint density at radius 3 is 2.24 bits per heavy atom. The van der Waals surface area contributed by atoms with Gasteiger partial charge in [-0.1, -0.05) is 30.7 Å². The standard InChI is InChI=1S/C26H36N4O3S/c1-28(2)34(32,33)23-12-13-25(30-16-8-9-17-30)24(18-23)26(31)27-19-21-10-4-5-11-22(21)20-29-14-6-3-7-15-29/h4-5,10-13,18H,3,6-9,14-17,19-20H2,1-2H3,(H,27,31). The number of benzene rings is 2. The van der Waals surface area contributed by atoms with Gasteiger partial charge >= 0.3 is 0 Å². The van der Waals surface area contributed by atoms with Gasteiger partial charge in [0.05, 0.1) is 10.5 Å². The molecule has 2 aliphatic heterocycles. The van der Waals surface area contributed by atoms with Gasteiger partial charge in [-0.2, -0.15) is 0 Å². The number of nitrogens with zero attached hydrogens (tertiary/aromatic N) is 3. The highest BCUT2D eigenvalue weighted by molar-refractivity contribution is 7.89. The Labute approximate surface area is 203 Å². The van der Waals surface area contributed by atoms with E-state index in [0.717, 1.165) is 56.8 Å². The number of likely N-dealkylation sites (tertiary alicyclic amines) is 1. The molecule has 2 aliphatic rings. The van der Waals surface area contributed by atoms with Gasteiger partial charge in [0, 0.05) is 46.0 Å². The molecule has 8 heteroatoms. The normalized spacial score (nSPS) is 17.3. The molecule has 34 heavy (non-hydrogen) atoms. The Morgan fingerprint density at radius 2 is 1.56 bits per heavy atom. The number of hydrogen-bond donors (Lipinski definition) is 1. The van der Waals surface area contributed by atoms with Crippen molar-refractivity contribution < 1.29 is 13.2 Å². The Balaban J connectivity index is 1.55. The zero-order valence-electron chi connectivity index (χ0n) is 20.3. The predicted octanol–water partition coefficient (Wildman–Crippen LogP) is 3.45. The van der Waals surface area contributed by atoms with Gasteiger partial charge in [0.2, 0.25) is 10.0 Å². The Morgan fingerprint density at radius 1 is 0.912 bits per heavy atom. The van der Waals surface area contributed by atoms with Crippen molar-refractivity contribution in [3.63, 3.8) is 0 Å². The van der Waals surface area contributed by atoms with E-state index < -0.39 is 10.0 Å². The Hall–Kier alpha value is -2.42. The molecule has 7 nitrogen and oxygen atoms in total. The second-order valence-corrected chi connectivity index (χ2v) is 11.6. The molecule has 0 saturated carbocycles. The molecule has 2 aromatic rings. The minimum atomic E-state index is -3.63. The third-order valence-electron chi connectivity index (χ3n) is 6.84. The van der Waals surface area contributed by atoms with Crippen molar-refractivity contribution in [1.82, 2.24) is 14.5 Å². The summed E-state index contributed by atoms with van der Waals surface area (Å²) in [6.07, 6.45) is 5.93. The zero-order chi connectivity index (χ0) is 24.1. The van der Waals surface area contributed by atoms with Crippen LogP contribution in [0.15, 0.2) is 47.4 Å². The van der Waals surface area contributed by atoms with Gasteiger partial charge in [-0.05, 0) is 68.1 Å². The monoisotopic (exact) mass is 484 g/mol. The van der Waals surface area contributed by atoms with Crippen LogP contribution in [-0.2, 0) is 23.1 Å². The third kappa shape index (κ3) is 5.62. The maximum Gasteiger partial charge on any atom is 0.253 e. The first kappa shape index (κ1) is 24.7. The van der Waals surface area contributed by atoms with E-state index in [1.807, 2.05) is 12.1 Å². The van der Waals surface area contributed by atoms with E-state index in [2.05, 4.69) is 27.2 Å². The lowest BCUT2D eigenvalue weighted by molar-refractivity contribution is 0.0951. The van der Waals surface area contributed by atoms with Crippen molar-refractivity contribution in [3.8, 4) is 0 Å². The summed E-state index contributed by atoms with van der Waals surface area (Å²) in [6.45, 7) is 5.28. The van der Waals surface area contributed by atoms with Crippen molar-refractivity contribution in [2.75, 3.05) is 45.2 Å². The number of hydrogen-bond acceptors (Lipinski definition) is 5. The van der Waals surface area contributed by atoms with E-state index in [4.69, 9.17) is 0 Å². The first-order valence-electron chi connectivity index (χ1n) is 12.2. The average molecular weight is 485 g/mol. The van der Waals surface area contributed by atoms with Crippen LogP contribution in [0.2, 0.25) is 0 Å². The van der Waals surface area contributed by atoms with Crippen LogP contribution in [0.5, 0.6) is 0 Å². The van der Waals surface area contributed by atoms with Gasteiger partial charge in [0.1, 0.15) is 0 Å². The van der Waals surface area contributed by atoms with Crippen molar-refractivity contribution in [3.05, 3.63) is 59.2 Å². The van der Waals surface area contributed by atoms with Gasteiger partial charge in [0.15, 0.2) is 0 Å². The molecule has 2 saturated heterocycles. The molecule has 0 aromatic heterocycles. The lowest BCUT2D eigenvalue weighted by Crippen LogP contribution is -2.31. The Bertz CT molecular complexity index is 1100. The van der Waals surface area contributed by atoms with Crippen molar-refractivity contribution in [2.45, 2.75) is 50.1 Å². The molecule has 0 bridgehead atoms. The molecule has 0 atom stereocenters. The minimum absolute atomic E-state index is 0.135. The highest BCUT2D eigenvalue weighted by Crippen LogP contribution is 2.28. The number of nitrogens with one attached hydrogen (secondary N) is 1. The summed E-state index contributed by atoms with van der Waals surface area (Å²) >= 11 is 0. The van der Waals surface area contributed by atoms with Crippen LogP contribution in [0.3, 0.4) is 0 Å². The summed E-state index contributed by atoms with van der Waals surface area (Å²) in [5, 5.41) is 3.07. The number of sulfonamides is 1. The third-order valence-corrected chi connectivity index (χ3v) is 8.65. The zero-order valence-corrected chi connectivity index (χ0v) is 21.1. The number of carbonyl (C=O) groups excluding carboxylic acids is 1. The minimum Gasteiger partial charge on any atom is -0.371 e. The van der Waals surface area contributed by atoms with Crippen LogP contribution in [0, 0.1) is 0 Å². The molecule has 1 N–H and O–H groups in total. The first-order chi connectivity index (χ1) is 16.4. The first-order valence-corrected chi connectivity index (χ1v) is 13.7. The van der Waals surface area contributed by atoms with Gasteiger partial charge in [-0.25, -0.2) is 12.7 Å². The van der Waals surface area contributed by atoms with Crippen molar-refractivity contribution in [2.24, 2.45) is 0 Å². The fraction of sp³-hybridized carbons (Fsp3) is 0.500. The molecule has 0 spiro atoms. The van der Waals surface area contributed by atoms with E-state index >= 15 is 0 Å². The predicted molar refractivity (Wildman–Crippen MR) is 136 cm³/mol. The van der Waals surface area contributed by atoms with Crippen LogP contribution in [0.25, 0.3) is 0 Å². The molecule has 2 fully saturated rings. The largest absolute Gasteiger partial charge is 0.371 e. The summed E-state index contributed by atoms with van der Waals surface area (Å²) in [5.74, 6) is -0.245. The van der Waals surface area contributed by atoms with E-state index in [0.29, 0.717) is 12.1 Å². The smallest absolute Gasteiger partial charge is 0.253 e. The topological polar surface area (TPSA) is 73.0 Å². The molecule has 2 aromatic carbocycles. The maximum absolute atomic E-state index is 13.4. The van der Waals surface area contributed by atoms with Gasteiger partial charge in [-0.15, -0.1) is 0 Å². The summed E-state index contributed by atoms with van der Waals surface area (Å²) in [7, 11) is -0.629. The highest BCUT2D eigenvalue weighted by Gasteiger charge is 2.24. The van der Waals surface area contributed by atoms with Crippen LogP contribution >= 0.6 is 0 Å². The Kier molecular flexibility index (Phi) is 7.91. The van der Waals surface area contributed by atoms with Crippen molar-refractivity contribution >= 4 is 21.6 Å². The van der Waals surface area contributed by atoms with E-state index in [-0.39, 0.29) is 10.8 Å². The van der Waals surface area contributed by atoms with Gasteiger partial charge in [0.25, 0.3) is 5.91 Å². The van der Waals surface area contributed by atoms with E-state index in [1.54, 1.807) is 12.1 Å². The van der Waals surface area contributed by atoms with E-state index in [9.17, 15) is 13.2 Å². The van der Waals surface area contributed by atoms with Crippen LogP contribution in [-0.4, -0.2) is 63.8 Å². The number of carbonyl (C=O) groups is 1. The van der Waals surface area contributed by atoms with Crippen LogP contribution < -0.4 is 10.2 Å². The second kappa shape index (κ2) is 10.9. The summed E-state index contributed by atoms with van der Waals surface area (Å²) in [6, 6.07) is 13.2. The molecule has 0 aliphatic carbocycles. The fourth-order valence-corrected chi connectivity index (χ4v) is 5.74. The van der Waals surface area contributed by atoms with Gasteiger partial charge in [-0.3, -0.25) is 9.69 Å². The molecule has 2 heterocycles. The molecule has 0 radical (unpaired) electrons. The average Bonchev–Trinajstić information content (AvgIpc) is 3.38. The van der Waals surface area contributed by atoms with Crippen LogP contribution in [0.1, 0.15) is 53.6 Å². The number of amides is 1. The van der Waals surface area contributed by atoms with Crippen LogP contribution in [0.4, 0.5) is 5.69 Å². The second-order valence-electron chi connectivity index (χ2n) is 9.45. The van der Waals surface area contributed by atoms with Gasteiger partial charge < -0.3 is 10.2 Å². The SMILES string of the molecule is CN(C)S(=O)(=O)c1ccc(N2CCCC2)c(C(=O)NCc2ccccc2CN2CCCCC2)c1. The maximum atomic E-state index is 13.4. The van der Waals surface area contributed by atoms with E-state index in [1.165, 1.54) is 49.3 Å². The highest BCUT2D eigenvalue weighted by atomic mass is 32.2. The summed E-state index contributed by atoms with van der Waals surface area (Å²) in [4.78, 5) is 18.2. The molecule has 0 unspecified atom stereocenters. The number of anilines is 1.